The molecule has 1 saturated heterocycles. The first-order chi connectivity index (χ1) is 11.4. The van der Waals surface area contributed by atoms with Crippen molar-refractivity contribution >= 4 is 29.1 Å². The minimum absolute atomic E-state index is 0.0483. The maximum Gasteiger partial charge on any atom is 0.227 e. The molecule has 3 rings (SSSR count). The summed E-state index contributed by atoms with van der Waals surface area (Å²) in [4.78, 5) is 26.2. The van der Waals surface area contributed by atoms with Gasteiger partial charge < -0.3 is 14.6 Å². The maximum absolute atomic E-state index is 12.4. The lowest BCUT2D eigenvalue weighted by Gasteiger charge is -2.16. The van der Waals surface area contributed by atoms with Crippen molar-refractivity contribution in [1.82, 2.24) is 5.32 Å². The summed E-state index contributed by atoms with van der Waals surface area (Å²) in [6, 6.07) is 8.97. The summed E-state index contributed by atoms with van der Waals surface area (Å²) in [7, 11) is 0. The van der Waals surface area contributed by atoms with Crippen molar-refractivity contribution in [3.63, 3.8) is 0 Å². The lowest BCUT2D eigenvalue weighted by molar-refractivity contribution is -0.126. The maximum atomic E-state index is 12.4. The van der Waals surface area contributed by atoms with Crippen LogP contribution in [0.3, 0.4) is 0 Å². The van der Waals surface area contributed by atoms with E-state index in [-0.39, 0.29) is 24.2 Å². The smallest absolute Gasteiger partial charge is 0.227 e. The van der Waals surface area contributed by atoms with E-state index in [4.69, 9.17) is 16.0 Å². The van der Waals surface area contributed by atoms with Crippen molar-refractivity contribution in [2.24, 2.45) is 5.92 Å². The highest BCUT2D eigenvalue weighted by Gasteiger charge is 2.35. The number of hydrogen-bond acceptors (Lipinski definition) is 3. The number of rotatable bonds is 4. The van der Waals surface area contributed by atoms with Crippen LogP contribution in [0.1, 0.15) is 23.5 Å². The quantitative estimate of drug-likeness (QED) is 0.924. The van der Waals surface area contributed by atoms with Gasteiger partial charge in [0.15, 0.2) is 0 Å². The molecule has 0 radical (unpaired) electrons. The average molecular weight is 347 g/mol. The number of benzene rings is 1. The molecule has 1 N–H and O–H groups in total. The van der Waals surface area contributed by atoms with E-state index in [9.17, 15) is 9.59 Å². The van der Waals surface area contributed by atoms with Crippen LogP contribution >= 0.6 is 11.6 Å². The summed E-state index contributed by atoms with van der Waals surface area (Å²) in [6.45, 7) is 4.54. The van der Waals surface area contributed by atoms with Crippen LogP contribution < -0.4 is 10.2 Å². The summed E-state index contributed by atoms with van der Waals surface area (Å²) < 4.78 is 5.45. The van der Waals surface area contributed by atoms with E-state index in [1.165, 1.54) is 0 Å². The van der Waals surface area contributed by atoms with E-state index in [0.717, 1.165) is 22.8 Å². The van der Waals surface area contributed by atoms with Crippen LogP contribution in [0.5, 0.6) is 0 Å². The van der Waals surface area contributed by atoms with Crippen LogP contribution in [0, 0.1) is 19.8 Å². The molecule has 1 aromatic carbocycles. The average Bonchev–Trinajstić information content (AvgIpc) is 3.08. The topological polar surface area (TPSA) is 62.6 Å². The van der Waals surface area contributed by atoms with Crippen molar-refractivity contribution < 1.29 is 14.0 Å². The van der Waals surface area contributed by atoms with Crippen LogP contribution in [0.2, 0.25) is 5.02 Å². The molecule has 1 aromatic heterocycles. The number of carbonyl (C=O) groups is 2. The van der Waals surface area contributed by atoms with Gasteiger partial charge in [-0.1, -0.05) is 11.6 Å². The Morgan fingerprint density at radius 1 is 1.33 bits per heavy atom. The molecule has 1 fully saturated rings. The molecule has 24 heavy (non-hydrogen) atoms. The number of nitrogens with zero attached hydrogens (tertiary/aromatic N) is 1. The van der Waals surface area contributed by atoms with Crippen molar-refractivity contribution in [2.75, 3.05) is 11.4 Å². The lowest BCUT2D eigenvalue weighted by Crippen LogP contribution is -2.32. The Morgan fingerprint density at radius 3 is 2.67 bits per heavy atom. The SMILES string of the molecule is Cc1cc(CNC(=O)C2CC(=O)N(c3ccc(Cl)cc3)C2)c(C)o1. The van der Waals surface area contributed by atoms with Gasteiger partial charge in [-0.2, -0.15) is 0 Å². The fourth-order valence-electron chi connectivity index (χ4n) is 2.94. The summed E-state index contributed by atoms with van der Waals surface area (Å²) in [5.41, 5.74) is 1.72. The van der Waals surface area contributed by atoms with Gasteiger partial charge in [0, 0.05) is 35.8 Å². The minimum Gasteiger partial charge on any atom is -0.466 e. The zero-order chi connectivity index (χ0) is 17.3. The van der Waals surface area contributed by atoms with Crippen molar-refractivity contribution in [1.29, 1.82) is 0 Å². The highest BCUT2D eigenvalue weighted by atomic mass is 35.5. The first kappa shape index (κ1) is 16.6. The Kier molecular flexibility index (Phi) is 4.62. The number of nitrogens with one attached hydrogen (secondary N) is 1. The van der Waals surface area contributed by atoms with Crippen LogP contribution in [-0.4, -0.2) is 18.4 Å². The molecule has 1 aliphatic heterocycles. The van der Waals surface area contributed by atoms with E-state index in [2.05, 4.69) is 5.32 Å². The summed E-state index contributed by atoms with van der Waals surface area (Å²) in [5, 5.41) is 3.51. The third-order valence-electron chi connectivity index (χ3n) is 4.23. The molecule has 2 heterocycles. The van der Waals surface area contributed by atoms with Crippen LogP contribution in [0.15, 0.2) is 34.7 Å². The van der Waals surface area contributed by atoms with E-state index >= 15 is 0 Å². The van der Waals surface area contributed by atoms with Crippen molar-refractivity contribution in [3.8, 4) is 0 Å². The predicted octanol–water partition coefficient (Wildman–Crippen LogP) is 3.22. The van der Waals surface area contributed by atoms with Crippen LogP contribution in [0.25, 0.3) is 0 Å². The molecule has 1 aliphatic rings. The summed E-state index contributed by atoms with van der Waals surface area (Å²) >= 11 is 5.87. The predicted molar refractivity (Wildman–Crippen MR) is 91.9 cm³/mol. The standard InChI is InChI=1S/C18H19ClN2O3/c1-11-7-13(12(2)24-11)9-20-18(23)14-8-17(22)21(10-14)16-5-3-15(19)4-6-16/h3-7,14H,8-10H2,1-2H3,(H,20,23). The second kappa shape index (κ2) is 6.69. The molecule has 0 saturated carbocycles. The molecular weight excluding hydrogens is 328 g/mol. The van der Waals surface area contributed by atoms with Gasteiger partial charge in [-0.05, 0) is 44.2 Å². The van der Waals surface area contributed by atoms with Gasteiger partial charge in [-0.15, -0.1) is 0 Å². The molecule has 6 heteroatoms. The third kappa shape index (κ3) is 3.46. The minimum atomic E-state index is -0.346. The molecule has 1 unspecified atom stereocenters. The molecule has 126 valence electrons. The number of furan rings is 1. The summed E-state index contributed by atoms with van der Waals surface area (Å²) in [6.07, 6.45) is 0.220. The first-order valence-electron chi connectivity index (χ1n) is 7.83. The number of anilines is 1. The molecule has 2 amide bonds. The van der Waals surface area contributed by atoms with Gasteiger partial charge in [-0.25, -0.2) is 0 Å². The normalized spacial score (nSPS) is 17.4. The Morgan fingerprint density at radius 2 is 2.04 bits per heavy atom. The highest BCUT2D eigenvalue weighted by molar-refractivity contribution is 6.30. The van der Waals surface area contributed by atoms with E-state index in [1.54, 1.807) is 29.2 Å². The molecule has 2 aromatic rings. The van der Waals surface area contributed by atoms with Gasteiger partial charge >= 0.3 is 0 Å². The van der Waals surface area contributed by atoms with E-state index < -0.39 is 0 Å². The van der Waals surface area contributed by atoms with E-state index in [1.807, 2.05) is 19.9 Å². The van der Waals surface area contributed by atoms with E-state index in [0.29, 0.717) is 18.1 Å². The molecule has 0 aliphatic carbocycles. The first-order valence-corrected chi connectivity index (χ1v) is 8.21. The Labute approximate surface area is 145 Å². The number of amides is 2. The molecule has 1 atom stereocenters. The zero-order valence-electron chi connectivity index (χ0n) is 13.6. The number of halogens is 1. The van der Waals surface area contributed by atoms with Crippen LogP contribution in [0.4, 0.5) is 5.69 Å². The fraction of sp³-hybridized carbons (Fsp3) is 0.333. The monoisotopic (exact) mass is 346 g/mol. The Balaban J connectivity index is 1.61. The molecule has 0 spiro atoms. The molecule has 5 nitrogen and oxygen atoms in total. The van der Waals surface area contributed by atoms with Gasteiger partial charge in [0.25, 0.3) is 0 Å². The number of hydrogen-bond donors (Lipinski definition) is 1. The largest absolute Gasteiger partial charge is 0.466 e. The van der Waals surface area contributed by atoms with Crippen molar-refractivity contribution in [3.05, 3.63) is 52.4 Å². The fourth-order valence-corrected chi connectivity index (χ4v) is 3.07. The zero-order valence-corrected chi connectivity index (χ0v) is 14.4. The number of aryl methyl sites for hydroxylation is 2. The molecular formula is C18H19ClN2O3. The third-order valence-corrected chi connectivity index (χ3v) is 4.48. The van der Waals surface area contributed by atoms with Gasteiger partial charge in [0.05, 0.1) is 5.92 Å². The lowest BCUT2D eigenvalue weighted by atomic mass is 10.1. The highest BCUT2D eigenvalue weighted by Crippen LogP contribution is 2.26. The second-order valence-corrected chi connectivity index (χ2v) is 6.47. The van der Waals surface area contributed by atoms with Gasteiger partial charge in [0.2, 0.25) is 11.8 Å². The number of carbonyl (C=O) groups excluding carboxylic acids is 2. The van der Waals surface area contributed by atoms with Gasteiger partial charge in [0.1, 0.15) is 11.5 Å². The second-order valence-electron chi connectivity index (χ2n) is 6.04. The Hall–Kier alpha value is -2.27. The summed E-state index contributed by atoms with van der Waals surface area (Å²) in [5.74, 6) is 1.12. The van der Waals surface area contributed by atoms with Gasteiger partial charge in [-0.3, -0.25) is 9.59 Å². The van der Waals surface area contributed by atoms with Crippen molar-refractivity contribution in [2.45, 2.75) is 26.8 Å². The Bertz CT molecular complexity index is 767. The molecule has 0 bridgehead atoms. The van der Waals surface area contributed by atoms with Crippen LogP contribution in [-0.2, 0) is 16.1 Å².